The fourth-order valence-corrected chi connectivity index (χ4v) is 3.03. The van der Waals surface area contributed by atoms with Crippen LogP contribution in [0.25, 0.3) is 0 Å². The lowest BCUT2D eigenvalue weighted by molar-refractivity contribution is -0.126. The molecule has 5 heteroatoms. The van der Waals surface area contributed by atoms with Gasteiger partial charge in [-0.05, 0) is 23.1 Å². The van der Waals surface area contributed by atoms with Crippen LogP contribution in [0.2, 0.25) is 0 Å². The molecule has 2 aliphatic rings. The van der Waals surface area contributed by atoms with Gasteiger partial charge in [0.05, 0.1) is 6.07 Å². The van der Waals surface area contributed by atoms with Gasteiger partial charge in [0.2, 0.25) is 5.91 Å². The van der Waals surface area contributed by atoms with Gasteiger partial charge < -0.3 is 10.4 Å². The lowest BCUT2D eigenvalue weighted by Gasteiger charge is -2.37. The van der Waals surface area contributed by atoms with Gasteiger partial charge in [-0.2, -0.15) is 5.26 Å². The van der Waals surface area contributed by atoms with Gasteiger partial charge in [0.15, 0.2) is 0 Å². The third-order valence-corrected chi connectivity index (χ3v) is 4.10. The fourth-order valence-electron chi connectivity index (χ4n) is 3.03. The summed E-state index contributed by atoms with van der Waals surface area (Å²) in [4.78, 5) is 13.9. The van der Waals surface area contributed by atoms with Crippen LogP contribution in [0.5, 0.6) is 0 Å². The summed E-state index contributed by atoms with van der Waals surface area (Å²) in [6, 6.07) is 12.2. The van der Waals surface area contributed by atoms with E-state index in [4.69, 9.17) is 5.26 Å². The molecular formula is C16H17N3O2. The Morgan fingerprint density at radius 1 is 1.33 bits per heavy atom. The highest BCUT2D eigenvalue weighted by atomic mass is 16.3. The van der Waals surface area contributed by atoms with E-state index in [1.165, 1.54) is 5.56 Å². The van der Waals surface area contributed by atoms with Gasteiger partial charge in [0.1, 0.15) is 12.1 Å². The van der Waals surface area contributed by atoms with Crippen LogP contribution in [-0.4, -0.2) is 35.2 Å². The number of carbonyl (C=O) groups is 1. The number of amides is 1. The van der Waals surface area contributed by atoms with Crippen molar-refractivity contribution in [3.63, 3.8) is 0 Å². The molecular weight excluding hydrogens is 266 g/mol. The van der Waals surface area contributed by atoms with E-state index in [9.17, 15) is 9.90 Å². The zero-order valence-electron chi connectivity index (χ0n) is 11.6. The summed E-state index contributed by atoms with van der Waals surface area (Å²) in [7, 11) is 0. The molecule has 0 aliphatic carbocycles. The number of nitrogens with zero attached hydrogens (tertiary/aromatic N) is 2. The molecule has 0 saturated heterocycles. The summed E-state index contributed by atoms with van der Waals surface area (Å²) in [6.45, 7) is 2.19. The van der Waals surface area contributed by atoms with E-state index in [1.54, 1.807) is 0 Å². The van der Waals surface area contributed by atoms with E-state index in [1.807, 2.05) is 24.3 Å². The van der Waals surface area contributed by atoms with Gasteiger partial charge in [-0.15, -0.1) is 0 Å². The largest absolute Gasteiger partial charge is 0.370 e. The molecule has 21 heavy (non-hydrogen) atoms. The molecule has 0 bridgehead atoms. The van der Waals surface area contributed by atoms with Crippen LogP contribution in [0.3, 0.4) is 0 Å². The van der Waals surface area contributed by atoms with Crippen LogP contribution in [-0.2, 0) is 11.3 Å². The molecule has 2 heterocycles. The van der Waals surface area contributed by atoms with Crippen molar-refractivity contribution in [1.82, 2.24) is 10.2 Å². The minimum absolute atomic E-state index is 0.389. The summed E-state index contributed by atoms with van der Waals surface area (Å²) in [5, 5.41) is 21.7. The Hall–Kier alpha value is -2.16. The van der Waals surface area contributed by atoms with Crippen LogP contribution in [0.1, 0.15) is 12.0 Å². The second kappa shape index (κ2) is 5.68. The number of nitrogens with one attached hydrogen (secondary N) is 1. The lowest BCUT2D eigenvalue weighted by atomic mass is 9.85. The van der Waals surface area contributed by atoms with Crippen LogP contribution >= 0.6 is 0 Å². The van der Waals surface area contributed by atoms with Crippen molar-refractivity contribution < 1.29 is 9.90 Å². The molecule has 0 aromatic heterocycles. The molecule has 0 spiro atoms. The highest BCUT2D eigenvalue weighted by Crippen LogP contribution is 2.30. The van der Waals surface area contributed by atoms with Gasteiger partial charge >= 0.3 is 0 Å². The Bertz CT molecular complexity index is 618. The molecule has 3 rings (SSSR count). The third kappa shape index (κ3) is 2.68. The van der Waals surface area contributed by atoms with Crippen molar-refractivity contribution in [3.8, 4) is 6.07 Å². The van der Waals surface area contributed by atoms with Gasteiger partial charge in [-0.1, -0.05) is 30.3 Å². The van der Waals surface area contributed by atoms with Gasteiger partial charge in [0, 0.05) is 19.6 Å². The summed E-state index contributed by atoms with van der Waals surface area (Å²) >= 11 is 0. The molecule has 108 valence electrons. The summed E-state index contributed by atoms with van der Waals surface area (Å²) in [5.74, 6) is -1.14. The van der Waals surface area contributed by atoms with Crippen molar-refractivity contribution >= 4 is 5.91 Å². The number of aliphatic hydroxyl groups excluding tert-OH is 1. The van der Waals surface area contributed by atoms with Crippen LogP contribution in [0.4, 0.5) is 0 Å². The van der Waals surface area contributed by atoms with E-state index in [0.29, 0.717) is 13.0 Å². The molecule has 2 unspecified atom stereocenters. The summed E-state index contributed by atoms with van der Waals surface area (Å²) in [6.07, 6.45) is -0.305. The van der Waals surface area contributed by atoms with E-state index in [2.05, 4.69) is 22.3 Å². The average Bonchev–Trinajstić information content (AvgIpc) is 2.49. The van der Waals surface area contributed by atoms with Crippen LogP contribution in [0, 0.1) is 17.2 Å². The average molecular weight is 283 g/mol. The van der Waals surface area contributed by atoms with Crippen molar-refractivity contribution in [2.75, 3.05) is 13.1 Å². The maximum Gasteiger partial charge on any atom is 0.243 e. The molecule has 0 saturated carbocycles. The Balaban J connectivity index is 1.79. The molecule has 0 radical (unpaired) electrons. The molecule has 2 atom stereocenters. The molecule has 2 aliphatic heterocycles. The Labute approximate surface area is 123 Å². The number of aliphatic hydroxyl groups is 1. The molecule has 1 amide bonds. The second-order valence-electron chi connectivity index (χ2n) is 5.47. The maximum atomic E-state index is 11.7. The van der Waals surface area contributed by atoms with Crippen molar-refractivity contribution in [2.45, 2.75) is 19.2 Å². The zero-order chi connectivity index (χ0) is 14.8. The predicted molar refractivity (Wildman–Crippen MR) is 76.6 cm³/mol. The Kier molecular flexibility index (Phi) is 3.74. The molecule has 0 fully saturated rings. The van der Waals surface area contributed by atoms with Gasteiger partial charge in [0.25, 0.3) is 0 Å². The normalized spacial score (nSPS) is 26.0. The smallest absolute Gasteiger partial charge is 0.243 e. The Morgan fingerprint density at radius 2 is 2.10 bits per heavy atom. The minimum Gasteiger partial charge on any atom is -0.370 e. The van der Waals surface area contributed by atoms with E-state index >= 15 is 0 Å². The molecule has 5 nitrogen and oxygen atoms in total. The zero-order valence-corrected chi connectivity index (χ0v) is 11.6. The maximum absolute atomic E-state index is 11.7. The van der Waals surface area contributed by atoms with Crippen molar-refractivity contribution in [2.24, 2.45) is 5.92 Å². The SMILES string of the molecule is N#CC1C(=O)NC(O)C2=C1CCN(Cc1ccccc1)C2. The first-order valence-electron chi connectivity index (χ1n) is 7.05. The predicted octanol–water partition coefficient (Wildman–Crippen LogP) is 0.777. The van der Waals surface area contributed by atoms with Crippen molar-refractivity contribution in [1.29, 1.82) is 5.26 Å². The third-order valence-electron chi connectivity index (χ3n) is 4.10. The lowest BCUT2D eigenvalue weighted by Crippen LogP contribution is -2.50. The quantitative estimate of drug-likeness (QED) is 0.786. The number of carbonyl (C=O) groups excluding carboxylic acids is 1. The molecule has 2 N–H and O–H groups in total. The molecule has 1 aromatic rings. The first-order valence-corrected chi connectivity index (χ1v) is 7.05. The topological polar surface area (TPSA) is 76.4 Å². The first kappa shape index (κ1) is 13.8. The van der Waals surface area contributed by atoms with E-state index in [-0.39, 0.29) is 5.91 Å². The monoisotopic (exact) mass is 283 g/mol. The van der Waals surface area contributed by atoms with Crippen LogP contribution in [0.15, 0.2) is 41.5 Å². The number of rotatable bonds is 2. The van der Waals surface area contributed by atoms with E-state index < -0.39 is 12.1 Å². The van der Waals surface area contributed by atoms with Gasteiger partial charge in [-0.3, -0.25) is 9.69 Å². The number of benzene rings is 1. The Morgan fingerprint density at radius 3 is 2.81 bits per heavy atom. The standard InChI is InChI=1S/C16H17N3O2/c17-8-13-12-6-7-19(9-11-4-2-1-3-5-11)10-14(12)16(21)18-15(13)20/h1-5,13,16,21H,6-7,9-10H2,(H,18,20). The molecule has 1 aromatic carbocycles. The fraction of sp³-hybridized carbons (Fsp3) is 0.375. The number of hydrogen-bond acceptors (Lipinski definition) is 4. The number of nitriles is 1. The summed E-state index contributed by atoms with van der Waals surface area (Å²) < 4.78 is 0. The highest BCUT2D eigenvalue weighted by Gasteiger charge is 2.37. The second-order valence-corrected chi connectivity index (χ2v) is 5.47. The van der Waals surface area contributed by atoms with Gasteiger partial charge in [-0.25, -0.2) is 0 Å². The van der Waals surface area contributed by atoms with E-state index in [0.717, 1.165) is 24.2 Å². The van der Waals surface area contributed by atoms with Crippen LogP contribution < -0.4 is 5.32 Å². The van der Waals surface area contributed by atoms with Crippen molar-refractivity contribution in [3.05, 3.63) is 47.0 Å². The number of hydrogen-bond donors (Lipinski definition) is 2. The first-order chi connectivity index (χ1) is 10.2. The minimum atomic E-state index is -0.962. The summed E-state index contributed by atoms with van der Waals surface area (Å²) in [5.41, 5.74) is 2.80. The highest BCUT2D eigenvalue weighted by molar-refractivity contribution is 5.86.